The van der Waals surface area contributed by atoms with E-state index in [1.807, 2.05) is 13.8 Å². The molecule has 0 aliphatic carbocycles. The van der Waals surface area contributed by atoms with E-state index in [1.54, 1.807) is 18.2 Å². The van der Waals surface area contributed by atoms with Crippen LogP contribution >= 0.6 is 0 Å². The van der Waals surface area contributed by atoms with Gasteiger partial charge < -0.3 is 15.4 Å². The van der Waals surface area contributed by atoms with Crippen LogP contribution in [0.25, 0.3) is 11.0 Å². The summed E-state index contributed by atoms with van der Waals surface area (Å²) in [5.74, 6) is -1.58. The largest absolute Gasteiger partial charge is 0.452 e. The molecule has 8 nitrogen and oxygen atoms in total. The topological polar surface area (TPSA) is 115 Å². The molecule has 2 N–H and O–H groups in total. The molecule has 2 heterocycles. The third kappa shape index (κ3) is 4.05. The number of primary amides is 1. The third-order valence-electron chi connectivity index (χ3n) is 4.79. The van der Waals surface area contributed by atoms with Gasteiger partial charge in [-0.3, -0.25) is 9.59 Å². The summed E-state index contributed by atoms with van der Waals surface area (Å²) < 4.78 is 5.14. The van der Waals surface area contributed by atoms with Gasteiger partial charge in [0.05, 0.1) is 28.0 Å². The summed E-state index contributed by atoms with van der Waals surface area (Å²) in [5.41, 5.74) is 8.54. The number of likely N-dealkylation sites (tertiary alicyclic amines) is 1. The van der Waals surface area contributed by atoms with Crippen LogP contribution < -0.4 is 5.73 Å². The van der Waals surface area contributed by atoms with Crippen LogP contribution in [0.4, 0.5) is 0 Å². The first-order valence-electron chi connectivity index (χ1n) is 8.87. The zero-order chi connectivity index (χ0) is 19.6. The van der Waals surface area contributed by atoms with Crippen molar-refractivity contribution in [2.75, 3.05) is 13.2 Å². The molecule has 8 heteroatoms. The summed E-state index contributed by atoms with van der Waals surface area (Å²) >= 11 is 0. The number of carbonyl (C=O) groups is 3. The van der Waals surface area contributed by atoms with Gasteiger partial charge in [-0.15, -0.1) is 0 Å². The average molecular weight is 370 g/mol. The zero-order valence-corrected chi connectivity index (χ0v) is 15.4. The van der Waals surface area contributed by atoms with Crippen LogP contribution in [-0.2, 0) is 14.3 Å². The maximum absolute atomic E-state index is 12.4. The summed E-state index contributed by atoms with van der Waals surface area (Å²) in [5, 5.41) is 0. The lowest BCUT2D eigenvalue weighted by Gasteiger charge is -2.33. The molecule has 0 spiro atoms. The third-order valence-corrected chi connectivity index (χ3v) is 4.79. The van der Waals surface area contributed by atoms with Crippen molar-refractivity contribution < 1.29 is 19.1 Å². The maximum Gasteiger partial charge on any atom is 0.338 e. The number of aromatic nitrogens is 2. The van der Waals surface area contributed by atoms with Crippen LogP contribution in [-0.4, -0.2) is 51.8 Å². The minimum absolute atomic E-state index is 0.290. The molecule has 1 aliphatic heterocycles. The highest BCUT2D eigenvalue weighted by Crippen LogP contribution is 2.18. The van der Waals surface area contributed by atoms with E-state index in [1.165, 1.54) is 4.90 Å². The fourth-order valence-electron chi connectivity index (χ4n) is 3.18. The molecule has 0 unspecified atom stereocenters. The van der Waals surface area contributed by atoms with Crippen LogP contribution in [0.5, 0.6) is 0 Å². The molecule has 1 atom stereocenters. The zero-order valence-electron chi connectivity index (χ0n) is 15.4. The van der Waals surface area contributed by atoms with Gasteiger partial charge in [0.25, 0.3) is 5.91 Å². The minimum atomic E-state index is -0.632. The standard InChI is InChI=1S/C19H22N4O4/c1-11-12(2)22-15-9-13(6-7-14(15)21-11)19(26)27-10-17(24)23-8-4-3-5-16(23)18(20)25/h6-7,9,16H,3-5,8,10H2,1-2H3,(H2,20,25)/t16-/m0/s1. The van der Waals surface area contributed by atoms with E-state index < -0.39 is 30.4 Å². The Balaban J connectivity index is 1.68. The molecule has 3 rings (SSSR count). The van der Waals surface area contributed by atoms with E-state index in [9.17, 15) is 14.4 Å². The van der Waals surface area contributed by atoms with E-state index in [-0.39, 0.29) is 5.56 Å². The van der Waals surface area contributed by atoms with Gasteiger partial charge in [0.1, 0.15) is 6.04 Å². The van der Waals surface area contributed by atoms with Crippen LogP contribution in [0.1, 0.15) is 41.0 Å². The molecular weight excluding hydrogens is 348 g/mol. The number of carbonyl (C=O) groups excluding carboxylic acids is 3. The van der Waals surface area contributed by atoms with Gasteiger partial charge >= 0.3 is 5.97 Å². The van der Waals surface area contributed by atoms with Crippen LogP contribution in [0.3, 0.4) is 0 Å². The lowest BCUT2D eigenvalue weighted by Crippen LogP contribution is -2.51. The number of aryl methyl sites for hydroxylation is 2. The van der Waals surface area contributed by atoms with Crippen LogP contribution in [0.2, 0.25) is 0 Å². The second-order valence-corrected chi connectivity index (χ2v) is 6.68. The molecule has 0 bridgehead atoms. The number of nitrogens with two attached hydrogens (primary N) is 1. The number of nitrogens with zero attached hydrogens (tertiary/aromatic N) is 3. The molecule has 0 saturated carbocycles. The highest BCUT2D eigenvalue weighted by atomic mass is 16.5. The van der Waals surface area contributed by atoms with Crippen LogP contribution in [0, 0.1) is 13.8 Å². The lowest BCUT2D eigenvalue weighted by atomic mass is 10.0. The highest BCUT2D eigenvalue weighted by Gasteiger charge is 2.31. The SMILES string of the molecule is Cc1nc2ccc(C(=O)OCC(=O)N3CCCC[C@H]3C(N)=O)cc2nc1C. The summed E-state index contributed by atoms with van der Waals surface area (Å²) in [4.78, 5) is 46.4. The van der Waals surface area contributed by atoms with Gasteiger partial charge in [-0.1, -0.05) is 0 Å². The molecule has 1 aromatic heterocycles. The molecule has 1 fully saturated rings. The second kappa shape index (κ2) is 7.69. The first kappa shape index (κ1) is 18.8. The fourth-order valence-corrected chi connectivity index (χ4v) is 3.18. The van der Waals surface area contributed by atoms with E-state index in [0.29, 0.717) is 24.0 Å². The number of benzene rings is 1. The molecule has 1 aliphatic rings. The summed E-state index contributed by atoms with van der Waals surface area (Å²) in [6.07, 6.45) is 2.18. The smallest absolute Gasteiger partial charge is 0.338 e. The number of ether oxygens (including phenoxy) is 1. The maximum atomic E-state index is 12.4. The number of piperidine rings is 1. The number of hydrogen-bond acceptors (Lipinski definition) is 6. The van der Waals surface area contributed by atoms with Crippen molar-refractivity contribution in [1.82, 2.24) is 14.9 Å². The number of rotatable bonds is 4. The second-order valence-electron chi connectivity index (χ2n) is 6.68. The first-order valence-corrected chi connectivity index (χ1v) is 8.87. The van der Waals surface area contributed by atoms with E-state index in [0.717, 1.165) is 24.2 Å². The lowest BCUT2D eigenvalue weighted by molar-refractivity contribution is -0.143. The number of esters is 1. The van der Waals surface area contributed by atoms with Gasteiger partial charge in [0, 0.05) is 6.54 Å². The molecule has 0 radical (unpaired) electrons. The molecule has 142 valence electrons. The van der Waals surface area contributed by atoms with Crippen molar-refractivity contribution in [2.45, 2.75) is 39.2 Å². The Hall–Kier alpha value is -3.03. The van der Waals surface area contributed by atoms with E-state index in [4.69, 9.17) is 10.5 Å². The molecule has 1 aromatic carbocycles. The normalized spacial score (nSPS) is 17.0. The summed E-state index contributed by atoms with van der Waals surface area (Å²) in [6.45, 7) is 3.72. The van der Waals surface area contributed by atoms with Gasteiger partial charge in [-0.2, -0.15) is 0 Å². The van der Waals surface area contributed by atoms with Gasteiger partial charge in [0.15, 0.2) is 6.61 Å². The Morgan fingerprint density at radius 1 is 1.15 bits per heavy atom. The minimum Gasteiger partial charge on any atom is -0.452 e. The number of amides is 2. The van der Waals surface area contributed by atoms with Gasteiger partial charge in [-0.05, 0) is 51.3 Å². The van der Waals surface area contributed by atoms with Crippen molar-refractivity contribution in [2.24, 2.45) is 5.73 Å². The Morgan fingerprint density at radius 3 is 2.56 bits per heavy atom. The molecule has 27 heavy (non-hydrogen) atoms. The van der Waals surface area contributed by atoms with Gasteiger partial charge in [0.2, 0.25) is 5.91 Å². The highest BCUT2D eigenvalue weighted by molar-refractivity contribution is 5.95. The Labute approximate surface area is 156 Å². The molecule has 1 saturated heterocycles. The number of fused-ring (bicyclic) bond motifs is 1. The predicted octanol–water partition coefficient (Wildman–Crippen LogP) is 1.27. The van der Waals surface area contributed by atoms with Crippen molar-refractivity contribution >= 4 is 28.8 Å². The van der Waals surface area contributed by atoms with Crippen molar-refractivity contribution in [3.63, 3.8) is 0 Å². The Kier molecular flexibility index (Phi) is 5.34. The van der Waals surface area contributed by atoms with Crippen molar-refractivity contribution in [1.29, 1.82) is 0 Å². The van der Waals surface area contributed by atoms with E-state index >= 15 is 0 Å². The molecular formula is C19H22N4O4. The number of hydrogen-bond donors (Lipinski definition) is 1. The summed E-state index contributed by atoms with van der Waals surface area (Å²) in [6, 6.07) is 4.24. The molecule has 2 aromatic rings. The monoisotopic (exact) mass is 370 g/mol. The summed E-state index contributed by atoms with van der Waals surface area (Å²) in [7, 11) is 0. The quantitative estimate of drug-likeness (QED) is 0.810. The van der Waals surface area contributed by atoms with E-state index in [2.05, 4.69) is 9.97 Å². The van der Waals surface area contributed by atoms with Crippen molar-refractivity contribution in [3.8, 4) is 0 Å². The van der Waals surface area contributed by atoms with Crippen LogP contribution in [0.15, 0.2) is 18.2 Å². The van der Waals surface area contributed by atoms with Crippen molar-refractivity contribution in [3.05, 3.63) is 35.2 Å². The van der Waals surface area contributed by atoms with Gasteiger partial charge in [-0.25, -0.2) is 14.8 Å². The fraction of sp³-hybridized carbons (Fsp3) is 0.421. The predicted molar refractivity (Wildman–Crippen MR) is 97.8 cm³/mol. The Morgan fingerprint density at radius 2 is 1.85 bits per heavy atom. The average Bonchev–Trinajstić information content (AvgIpc) is 2.66. The molecule has 2 amide bonds. The first-order chi connectivity index (χ1) is 12.9. The Bertz CT molecular complexity index is 912.